The third-order valence-corrected chi connectivity index (χ3v) is 4.27. The summed E-state index contributed by atoms with van der Waals surface area (Å²) in [6.45, 7) is 4.54. The second kappa shape index (κ2) is 4.46. The van der Waals surface area contributed by atoms with Crippen LogP contribution in [0.25, 0.3) is 5.69 Å². The Hall–Kier alpha value is -1.13. The van der Waals surface area contributed by atoms with Crippen molar-refractivity contribution in [3.8, 4) is 5.69 Å². The van der Waals surface area contributed by atoms with E-state index in [9.17, 15) is 0 Å². The number of rotatable bonds is 1. The van der Waals surface area contributed by atoms with Crippen molar-refractivity contribution in [3.05, 3.63) is 46.2 Å². The van der Waals surface area contributed by atoms with Crippen molar-refractivity contribution in [1.82, 2.24) is 9.78 Å². The molecule has 0 bridgehead atoms. The molecule has 2 N–H and O–H groups in total. The number of hydrogen-bond donors (Lipinski definition) is 1. The van der Waals surface area contributed by atoms with Crippen molar-refractivity contribution < 1.29 is 0 Å². The molecule has 100 valence electrons. The summed E-state index contributed by atoms with van der Waals surface area (Å²) in [6, 6.07) is 8.31. The second-order valence-electron chi connectivity index (χ2n) is 6.09. The predicted octanol–water partition coefficient (Wildman–Crippen LogP) is 3.61. The summed E-state index contributed by atoms with van der Waals surface area (Å²) in [7, 11) is 0. The predicted molar refractivity (Wildman–Crippen MR) is 80.3 cm³/mol. The molecule has 0 radical (unpaired) electrons. The normalized spacial score (nSPS) is 21.2. The highest BCUT2D eigenvalue weighted by atomic mass is 79.9. The molecule has 1 unspecified atom stereocenters. The Morgan fingerprint density at radius 2 is 2.21 bits per heavy atom. The summed E-state index contributed by atoms with van der Waals surface area (Å²) >= 11 is 3.51. The Kier molecular flexibility index (Phi) is 3.02. The molecule has 0 aliphatic heterocycles. The maximum absolute atomic E-state index is 6.28. The molecule has 1 aliphatic carbocycles. The molecule has 1 aromatic carbocycles. The largest absolute Gasteiger partial charge is 0.324 e. The van der Waals surface area contributed by atoms with Crippen LogP contribution in [-0.4, -0.2) is 9.78 Å². The monoisotopic (exact) mass is 319 g/mol. The van der Waals surface area contributed by atoms with E-state index in [4.69, 9.17) is 5.73 Å². The van der Waals surface area contributed by atoms with Crippen molar-refractivity contribution in [1.29, 1.82) is 0 Å². The number of fused-ring (bicyclic) bond motifs is 1. The Balaban J connectivity index is 2.11. The summed E-state index contributed by atoms with van der Waals surface area (Å²) in [4.78, 5) is 0. The topological polar surface area (TPSA) is 43.8 Å². The molecule has 19 heavy (non-hydrogen) atoms. The SMILES string of the molecule is CC1(C)Cc2c(cnn2-c2cccc(Br)c2)C(N)C1. The van der Waals surface area contributed by atoms with Crippen molar-refractivity contribution >= 4 is 15.9 Å². The fourth-order valence-corrected chi connectivity index (χ4v) is 3.32. The summed E-state index contributed by atoms with van der Waals surface area (Å²) in [5, 5.41) is 4.54. The molecule has 0 spiro atoms. The molecule has 1 atom stereocenters. The van der Waals surface area contributed by atoms with Gasteiger partial charge in [-0.15, -0.1) is 0 Å². The number of nitrogens with two attached hydrogens (primary N) is 1. The molecule has 3 nitrogen and oxygen atoms in total. The lowest BCUT2D eigenvalue weighted by Gasteiger charge is -2.33. The van der Waals surface area contributed by atoms with Crippen LogP contribution in [0.2, 0.25) is 0 Å². The lowest BCUT2D eigenvalue weighted by molar-refractivity contribution is 0.278. The van der Waals surface area contributed by atoms with Crippen molar-refractivity contribution in [2.45, 2.75) is 32.7 Å². The van der Waals surface area contributed by atoms with Gasteiger partial charge in [0.25, 0.3) is 0 Å². The van der Waals surface area contributed by atoms with Gasteiger partial charge in [-0.25, -0.2) is 4.68 Å². The standard InChI is InChI=1S/C15H18BrN3/c1-15(2)7-13(17)12-9-18-19(14(12)8-15)11-5-3-4-10(16)6-11/h3-6,9,13H,7-8,17H2,1-2H3. The number of hydrogen-bond acceptors (Lipinski definition) is 2. The summed E-state index contributed by atoms with van der Waals surface area (Å²) < 4.78 is 3.09. The number of benzene rings is 1. The average Bonchev–Trinajstić information content (AvgIpc) is 2.71. The van der Waals surface area contributed by atoms with E-state index in [2.05, 4.69) is 47.0 Å². The Labute approximate surface area is 121 Å². The van der Waals surface area contributed by atoms with Crippen LogP contribution in [0, 0.1) is 5.41 Å². The molecular formula is C15H18BrN3. The van der Waals surface area contributed by atoms with Gasteiger partial charge in [-0.1, -0.05) is 35.8 Å². The highest BCUT2D eigenvalue weighted by Gasteiger charge is 2.33. The van der Waals surface area contributed by atoms with Crippen LogP contribution in [0.3, 0.4) is 0 Å². The Morgan fingerprint density at radius 1 is 1.42 bits per heavy atom. The van der Waals surface area contributed by atoms with Crippen LogP contribution in [0.15, 0.2) is 34.9 Å². The Bertz CT molecular complexity index is 616. The van der Waals surface area contributed by atoms with Gasteiger partial charge in [-0.3, -0.25) is 0 Å². The molecule has 1 aliphatic rings. The van der Waals surface area contributed by atoms with E-state index in [1.54, 1.807) is 0 Å². The lowest BCUT2D eigenvalue weighted by Crippen LogP contribution is -2.30. The zero-order chi connectivity index (χ0) is 13.6. The summed E-state index contributed by atoms with van der Waals surface area (Å²) in [5.74, 6) is 0. The van der Waals surface area contributed by atoms with Gasteiger partial charge in [-0.05, 0) is 36.5 Å². The molecule has 0 fully saturated rings. The zero-order valence-corrected chi connectivity index (χ0v) is 12.8. The number of aromatic nitrogens is 2. The van der Waals surface area contributed by atoms with E-state index in [1.165, 1.54) is 11.3 Å². The highest BCUT2D eigenvalue weighted by Crippen LogP contribution is 2.40. The van der Waals surface area contributed by atoms with E-state index in [0.29, 0.717) is 0 Å². The first-order valence-corrected chi connectivity index (χ1v) is 7.34. The van der Waals surface area contributed by atoms with E-state index in [1.807, 2.05) is 23.0 Å². The van der Waals surface area contributed by atoms with Crippen LogP contribution in [0.1, 0.15) is 37.6 Å². The molecule has 4 heteroatoms. The summed E-state index contributed by atoms with van der Waals surface area (Å²) in [5.41, 5.74) is 10.0. The minimum absolute atomic E-state index is 0.0969. The Morgan fingerprint density at radius 3 is 2.95 bits per heavy atom. The van der Waals surface area contributed by atoms with Gasteiger partial charge in [0.1, 0.15) is 0 Å². The molecule has 0 amide bonds. The van der Waals surface area contributed by atoms with Gasteiger partial charge in [-0.2, -0.15) is 5.10 Å². The molecular weight excluding hydrogens is 302 g/mol. The van der Waals surface area contributed by atoms with Crippen LogP contribution in [0.4, 0.5) is 0 Å². The summed E-state index contributed by atoms with van der Waals surface area (Å²) in [6.07, 6.45) is 3.96. The second-order valence-corrected chi connectivity index (χ2v) is 7.01. The van der Waals surface area contributed by atoms with Gasteiger partial charge in [0, 0.05) is 21.8 Å². The molecule has 0 saturated carbocycles. The maximum Gasteiger partial charge on any atom is 0.0660 e. The lowest BCUT2D eigenvalue weighted by atomic mass is 9.74. The molecule has 3 rings (SSSR count). The molecule has 2 aromatic rings. The van der Waals surface area contributed by atoms with E-state index < -0.39 is 0 Å². The van der Waals surface area contributed by atoms with E-state index in [-0.39, 0.29) is 11.5 Å². The van der Waals surface area contributed by atoms with Crippen LogP contribution >= 0.6 is 15.9 Å². The van der Waals surface area contributed by atoms with Crippen molar-refractivity contribution in [2.24, 2.45) is 11.1 Å². The maximum atomic E-state index is 6.28. The van der Waals surface area contributed by atoms with E-state index in [0.717, 1.165) is 23.0 Å². The van der Waals surface area contributed by atoms with Crippen molar-refractivity contribution in [2.75, 3.05) is 0 Å². The third-order valence-electron chi connectivity index (χ3n) is 3.77. The van der Waals surface area contributed by atoms with Gasteiger partial charge >= 0.3 is 0 Å². The first kappa shape index (κ1) is 12.9. The van der Waals surface area contributed by atoms with Gasteiger partial charge in [0.2, 0.25) is 0 Å². The quantitative estimate of drug-likeness (QED) is 0.872. The molecule has 0 saturated heterocycles. The fourth-order valence-electron chi connectivity index (χ4n) is 2.93. The first-order valence-electron chi connectivity index (χ1n) is 6.55. The van der Waals surface area contributed by atoms with Gasteiger partial charge < -0.3 is 5.73 Å². The van der Waals surface area contributed by atoms with Crippen LogP contribution in [-0.2, 0) is 6.42 Å². The van der Waals surface area contributed by atoms with Crippen molar-refractivity contribution in [3.63, 3.8) is 0 Å². The highest BCUT2D eigenvalue weighted by molar-refractivity contribution is 9.10. The van der Waals surface area contributed by atoms with Gasteiger partial charge in [0.15, 0.2) is 0 Å². The molecule has 1 aromatic heterocycles. The zero-order valence-electron chi connectivity index (χ0n) is 11.2. The first-order chi connectivity index (χ1) is 8.96. The molecule has 1 heterocycles. The number of halogens is 1. The minimum atomic E-state index is 0.0969. The van der Waals surface area contributed by atoms with Gasteiger partial charge in [0.05, 0.1) is 11.9 Å². The van der Waals surface area contributed by atoms with Crippen LogP contribution in [0.5, 0.6) is 0 Å². The smallest absolute Gasteiger partial charge is 0.0660 e. The minimum Gasteiger partial charge on any atom is -0.324 e. The average molecular weight is 320 g/mol. The number of nitrogens with zero attached hydrogens (tertiary/aromatic N) is 2. The fraction of sp³-hybridized carbons (Fsp3) is 0.400. The third kappa shape index (κ3) is 2.35. The van der Waals surface area contributed by atoms with E-state index >= 15 is 0 Å². The van der Waals surface area contributed by atoms with Crippen LogP contribution < -0.4 is 5.73 Å².